The van der Waals surface area contributed by atoms with Crippen molar-refractivity contribution in [1.29, 1.82) is 0 Å². The molecule has 1 unspecified atom stereocenters. The first-order chi connectivity index (χ1) is 11.8. The number of rotatable bonds is 3. The van der Waals surface area contributed by atoms with Crippen molar-refractivity contribution in [2.24, 2.45) is 10.7 Å². The fourth-order valence-corrected chi connectivity index (χ4v) is 3.79. The quantitative estimate of drug-likeness (QED) is 0.558. The zero-order chi connectivity index (χ0) is 16.4. The largest absolute Gasteiger partial charge is 0.370 e. The average molecular weight is 330 g/mol. The lowest BCUT2D eigenvalue weighted by Gasteiger charge is -2.47. The molecule has 24 heavy (non-hydrogen) atoms. The summed E-state index contributed by atoms with van der Waals surface area (Å²) in [7, 11) is 0. The minimum absolute atomic E-state index is 0.532. The number of anilines is 1. The van der Waals surface area contributed by atoms with E-state index < -0.39 is 0 Å². The van der Waals surface area contributed by atoms with Gasteiger partial charge in [-0.15, -0.1) is 0 Å². The van der Waals surface area contributed by atoms with Crippen molar-refractivity contribution in [2.75, 3.05) is 70.3 Å². The fraction of sp³-hybridized carbons (Fsp3) is 0.688. The Morgan fingerprint density at radius 3 is 2.38 bits per heavy atom. The molecule has 2 bridgehead atoms. The molecule has 4 aliphatic heterocycles. The summed E-state index contributed by atoms with van der Waals surface area (Å²) < 4.78 is 0. The van der Waals surface area contributed by atoms with Gasteiger partial charge in [0.2, 0.25) is 5.95 Å². The van der Waals surface area contributed by atoms with Crippen LogP contribution in [0.15, 0.2) is 23.5 Å². The Kier molecular flexibility index (Phi) is 4.48. The van der Waals surface area contributed by atoms with E-state index in [0.29, 0.717) is 12.0 Å². The molecule has 8 heteroatoms. The number of guanidine groups is 1. The van der Waals surface area contributed by atoms with Gasteiger partial charge in [-0.05, 0) is 6.07 Å². The van der Waals surface area contributed by atoms with E-state index in [1.54, 1.807) is 12.4 Å². The lowest BCUT2D eigenvalue weighted by atomic mass is 10.1. The van der Waals surface area contributed by atoms with Gasteiger partial charge in [-0.3, -0.25) is 14.8 Å². The van der Waals surface area contributed by atoms with Gasteiger partial charge in [0, 0.05) is 77.3 Å². The molecule has 1 aromatic heterocycles. The standard InChI is InChI=1S/C16H26N8/c17-15(20-12-14-13-21-4-6-22(14)7-5-21)23-8-10-24(11-9-23)16-18-2-1-3-19-16/h1-3,14H,4-13H2,(H2,17,20). The number of hydrogen-bond donors (Lipinski definition) is 1. The second-order valence-corrected chi connectivity index (χ2v) is 6.71. The molecule has 8 nitrogen and oxygen atoms in total. The Morgan fingerprint density at radius 2 is 1.75 bits per heavy atom. The molecule has 0 saturated carbocycles. The van der Waals surface area contributed by atoms with Gasteiger partial charge < -0.3 is 15.5 Å². The van der Waals surface area contributed by atoms with Crippen LogP contribution in [0, 0.1) is 0 Å². The highest BCUT2D eigenvalue weighted by Crippen LogP contribution is 2.16. The van der Waals surface area contributed by atoms with Crippen molar-refractivity contribution >= 4 is 11.9 Å². The second kappa shape index (κ2) is 6.90. The van der Waals surface area contributed by atoms with Crippen LogP contribution < -0.4 is 10.6 Å². The summed E-state index contributed by atoms with van der Waals surface area (Å²) in [5, 5.41) is 0. The van der Waals surface area contributed by atoms with E-state index in [-0.39, 0.29) is 0 Å². The van der Waals surface area contributed by atoms with Crippen molar-refractivity contribution in [3.8, 4) is 0 Å². The van der Waals surface area contributed by atoms with Crippen LogP contribution in [0.3, 0.4) is 0 Å². The number of aliphatic imine (C=N–C) groups is 1. The van der Waals surface area contributed by atoms with Crippen LogP contribution in [0.4, 0.5) is 5.95 Å². The fourth-order valence-electron chi connectivity index (χ4n) is 3.79. The number of hydrogen-bond acceptors (Lipinski definition) is 6. The Hall–Kier alpha value is -1.93. The minimum atomic E-state index is 0.532. The maximum Gasteiger partial charge on any atom is 0.225 e. The van der Waals surface area contributed by atoms with Crippen LogP contribution in [0.25, 0.3) is 0 Å². The first-order valence-corrected chi connectivity index (χ1v) is 8.83. The number of aromatic nitrogens is 2. The molecule has 0 aromatic carbocycles. The normalized spacial score (nSPS) is 30.7. The topological polar surface area (TPSA) is 77.1 Å². The van der Waals surface area contributed by atoms with Crippen molar-refractivity contribution in [2.45, 2.75) is 6.04 Å². The smallest absolute Gasteiger partial charge is 0.225 e. The van der Waals surface area contributed by atoms with Crippen LogP contribution in [0.1, 0.15) is 0 Å². The molecule has 4 saturated heterocycles. The summed E-state index contributed by atoms with van der Waals surface area (Å²) in [6.07, 6.45) is 3.57. The Balaban J connectivity index is 1.29. The molecule has 1 aromatic rings. The molecule has 130 valence electrons. The van der Waals surface area contributed by atoms with Crippen LogP contribution in [-0.2, 0) is 0 Å². The molecule has 0 aliphatic carbocycles. The van der Waals surface area contributed by atoms with Gasteiger partial charge in [-0.2, -0.15) is 0 Å². The number of nitrogens with two attached hydrogens (primary N) is 1. The third-order valence-corrected chi connectivity index (χ3v) is 5.29. The molecule has 4 aliphatic rings. The van der Waals surface area contributed by atoms with Crippen molar-refractivity contribution in [1.82, 2.24) is 24.7 Å². The molecule has 5 rings (SSSR count). The number of fused-ring (bicyclic) bond motifs is 3. The average Bonchev–Trinajstić information content (AvgIpc) is 2.68. The molecule has 5 heterocycles. The van der Waals surface area contributed by atoms with Crippen LogP contribution in [0.5, 0.6) is 0 Å². The molecular weight excluding hydrogens is 304 g/mol. The van der Waals surface area contributed by atoms with E-state index in [1.807, 2.05) is 6.07 Å². The highest BCUT2D eigenvalue weighted by Gasteiger charge is 2.31. The molecule has 1 atom stereocenters. The van der Waals surface area contributed by atoms with Crippen molar-refractivity contribution in [3.05, 3.63) is 18.5 Å². The molecular formula is C16H26N8. The summed E-state index contributed by atoms with van der Waals surface area (Å²) in [5.41, 5.74) is 6.24. The third kappa shape index (κ3) is 3.29. The summed E-state index contributed by atoms with van der Waals surface area (Å²) in [4.78, 5) is 22.8. The van der Waals surface area contributed by atoms with E-state index in [9.17, 15) is 0 Å². The van der Waals surface area contributed by atoms with Crippen molar-refractivity contribution < 1.29 is 0 Å². The van der Waals surface area contributed by atoms with E-state index in [4.69, 9.17) is 10.7 Å². The number of nitrogens with zero attached hydrogens (tertiary/aromatic N) is 7. The zero-order valence-corrected chi connectivity index (χ0v) is 14.1. The summed E-state index contributed by atoms with van der Waals surface area (Å²) in [6.45, 7) is 10.2. The zero-order valence-electron chi connectivity index (χ0n) is 14.1. The minimum Gasteiger partial charge on any atom is -0.370 e. The van der Waals surface area contributed by atoms with Crippen molar-refractivity contribution in [3.63, 3.8) is 0 Å². The second-order valence-electron chi connectivity index (χ2n) is 6.71. The van der Waals surface area contributed by atoms with E-state index in [0.717, 1.165) is 45.2 Å². The lowest BCUT2D eigenvalue weighted by molar-refractivity contribution is 0.0173. The highest BCUT2D eigenvalue weighted by atomic mass is 15.4. The predicted octanol–water partition coefficient (Wildman–Crippen LogP) is -1.09. The number of piperazine rings is 4. The molecule has 4 fully saturated rings. The SMILES string of the molecule is NC(=NCC1CN2CCN1CC2)N1CCN(c2ncccn2)CC1. The first-order valence-electron chi connectivity index (χ1n) is 8.83. The van der Waals surface area contributed by atoms with Gasteiger partial charge in [0.1, 0.15) is 0 Å². The monoisotopic (exact) mass is 330 g/mol. The molecule has 0 amide bonds. The molecule has 0 spiro atoms. The maximum atomic E-state index is 6.24. The summed E-state index contributed by atoms with van der Waals surface area (Å²) >= 11 is 0. The Labute approximate surface area is 143 Å². The van der Waals surface area contributed by atoms with E-state index in [2.05, 4.69) is 29.6 Å². The Morgan fingerprint density at radius 1 is 1.04 bits per heavy atom. The van der Waals surface area contributed by atoms with Gasteiger partial charge in [0.25, 0.3) is 0 Å². The lowest BCUT2D eigenvalue weighted by Crippen LogP contribution is -2.62. The Bertz CT molecular complexity index is 561. The van der Waals surface area contributed by atoms with Crippen LogP contribution in [-0.4, -0.2) is 102 Å². The van der Waals surface area contributed by atoms with Gasteiger partial charge in [-0.1, -0.05) is 0 Å². The van der Waals surface area contributed by atoms with Gasteiger partial charge in [-0.25, -0.2) is 9.97 Å². The summed E-state index contributed by atoms with van der Waals surface area (Å²) in [5.74, 6) is 1.48. The molecule has 2 N–H and O–H groups in total. The first kappa shape index (κ1) is 15.6. The van der Waals surface area contributed by atoms with Gasteiger partial charge in [0.05, 0.1) is 6.54 Å². The maximum absolute atomic E-state index is 6.24. The summed E-state index contributed by atoms with van der Waals surface area (Å²) in [6, 6.07) is 2.37. The van der Waals surface area contributed by atoms with Gasteiger partial charge in [0.15, 0.2) is 5.96 Å². The highest BCUT2D eigenvalue weighted by molar-refractivity contribution is 5.78. The van der Waals surface area contributed by atoms with E-state index in [1.165, 1.54) is 26.2 Å². The van der Waals surface area contributed by atoms with Crippen LogP contribution in [0.2, 0.25) is 0 Å². The van der Waals surface area contributed by atoms with Crippen LogP contribution >= 0.6 is 0 Å². The predicted molar refractivity (Wildman–Crippen MR) is 94.1 cm³/mol. The van der Waals surface area contributed by atoms with Gasteiger partial charge >= 0.3 is 0 Å². The molecule has 0 radical (unpaired) electrons. The van der Waals surface area contributed by atoms with E-state index >= 15 is 0 Å². The third-order valence-electron chi connectivity index (χ3n) is 5.29.